The Morgan fingerprint density at radius 2 is 0.907 bits per heavy atom. The van der Waals surface area contributed by atoms with Gasteiger partial charge >= 0.3 is 0 Å². The topological polar surface area (TPSA) is 13.1 Å². The molecule has 1 heterocycles. The zero-order valence-corrected chi connectivity index (χ0v) is 22.0. The van der Waals surface area contributed by atoms with Crippen LogP contribution in [0.5, 0.6) is 0 Å². The van der Waals surface area contributed by atoms with Crippen LogP contribution >= 0.6 is 0 Å². The lowest BCUT2D eigenvalue weighted by Crippen LogP contribution is -1.92. The molecular formula is C42H26O. The minimum Gasteiger partial charge on any atom is -0.456 e. The zero-order chi connectivity index (χ0) is 44.0. The predicted molar refractivity (Wildman–Crippen MR) is 183 cm³/mol. The molecule has 9 aromatic rings. The zero-order valence-electron chi connectivity index (χ0n) is 40.0. The van der Waals surface area contributed by atoms with E-state index < -0.39 is 114 Å². The standard InChI is InChI=1S/C42H26O/c1-2-12-27(13-3-1)29-24-25-38(31-15-5-4-14-30(29)31)42-36-19-8-6-17-34(36)41(35-18-7-9-20-37(35)42)28-22-23-33-32-16-10-11-21-39(32)43-40(33)26-28/h1-26H/i1D,2D,3D,4D,5D,10D,11D,12D,13D,14D,15D,16D,21D,22D,23D,24D,25D,26D. The molecule has 0 bridgehead atoms. The summed E-state index contributed by atoms with van der Waals surface area (Å²) in [5, 5.41) is 0.513. The van der Waals surface area contributed by atoms with Crippen LogP contribution in [-0.2, 0) is 0 Å². The highest BCUT2D eigenvalue weighted by Gasteiger charge is 2.19. The molecule has 1 aromatic heterocycles. The van der Waals surface area contributed by atoms with E-state index in [9.17, 15) is 8.22 Å². The third kappa shape index (κ3) is 3.65. The summed E-state index contributed by atoms with van der Waals surface area (Å²) in [4.78, 5) is 0. The Bertz CT molecular complexity index is 3430. The number of hydrogen-bond acceptors (Lipinski definition) is 1. The molecule has 0 amide bonds. The van der Waals surface area contributed by atoms with Gasteiger partial charge in [0.2, 0.25) is 0 Å². The number of benzene rings is 8. The van der Waals surface area contributed by atoms with Gasteiger partial charge in [0.05, 0.1) is 24.7 Å². The van der Waals surface area contributed by atoms with Gasteiger partial charge in [-0.3, -0.25) is 0 Å². The smallest absolute Gasteiger partial charge is 0.136 e. The van der Waals surface area contributed by atoms with Crippen molar-refractivity contribution >= 4 is 54.3 Å². The molecule has 0 aliphatic heterocycles. The van der Waals surface area contributed by atoms with Crippen molar-refractivity contribution < 1.29 is 29.1 Å². The Balaban J connectivity index is 1.49. The van der Waals surface area contributed by atoms with E-state index in [1.165, 1.54) is 0 Å². The van der Waals surface area contributed by atoms with Gasteiger partial charge in [0.15, 0.2) is 0 Å². The molecule has 0 unspecified atom stereocenters. The van der Waals surface area contributed by atoms with Crippen LogP contribution < -0.4 is 0 Å². The van der Waals surface area contributed by atoms with Gasteiger partial charge in [0, 0.05) is 10.8 Å². The molecule has 0 aliphatic rings. The molecule has 200 valence electrons. The summed E-state index contributed by atoms with van der Waals surface area (Å²) in [7, 11) is 0. The van der Waals surface area contributed by atoms with E-state index in [0.717, 1.165) is 0 Å². The molecule has 0 saturated heterocycles. The van der Waals surface area contributed by atoms with E-state index >= 15 is 0 Å². The minimum absolute atomic E-state index is 0.0821. The van der Waals surface area contributed by atoms with Crippen LogP contribution in [0, 0.1) is 0 Å². The lowest BCUT2D eigenvalue weighted by molar-refractivity contribution is 0.669. The first-order valence-corrected chi connectivity index (χ1v) is 13.3. The molecule has 9 rings (SSSR count). The van der Waals surface area contributed by atoms with Crippen molar-refractivity contribution in [3.8, 4) is 33.4 Å². The van der Waals surface area contributed by atoms with Crippen LogP contribution in [0.1, 0.15) is 24.7 Å². The number of fused-ring (bicyclic) bond motifs is 6. The molecule has 1 nitrogen and oxygen atoms in total. The molecule has 0 fully saturated rings. The van der Waals surface area contributed by atoms with Crippen molar-refractivity contribution in [2.75, 3.05) is 0 Å². The second-order valence-corrected chi connectivity index (χ2v) is 9.85. The summed E-state index contributed by atoms with van der Waals surface area (Å²) in [6.45, 7) is 0. The lowest BCUT2D eigenvalue weighted by Gasteiger charge is -2.19. The highest BCUT2D eigenvalue weighted by Crippen LogP contribution is 2.47. The molecule has 0 spiro atoms. The Kier molecular flexibility index (Phi) is 2.70. The molecule has 0 atom stereocenters. The number of para-hydroxylation sites is 1. The van der Waals surface area contributed by atoms with Crippen molar-refractivity contribution in [1.29, 1.82) is 0 Å². The lowest BCUT2D eigenvalue weighted by atomic mass is 9.83. The van der Waals surface area contributed by atoms with Gasteiger partial charge in [-0.25, -0.2) is 0 Å². The summed E-state index contributed by atoms with van der Waals surface area (Å²) in [5.74, 6) is 0. The maximum atomic E-state index is 9.61. The number of hydrogen-bond donors (Lipinski definition) is 0. The quantitative estimate of drug-likeness (QED) is 0.195. The normalized spacial score (nSPS) is 17.6. The molecule has 0 radical (unpaired) electrons. The highest BCUT2D eigenvalue weighted by atomic mass is 16.3. The van der Waals surface area contributed by atoms with Gasteiger partial charge in [-0.05, 0) is 83.8 Å². The van der Waals surface area contributed by atoms with Crippen LogP contribution in [0.2, 0.25) is 0 Å². The van der Waals surface area contributed by atoms with Crippen molar-refractivity contribution in [1.82, 2.24) is 0 Å². The largest absolute Gasteiger partial charge is 0.456 e. The van der Waals surface area contributed by atoms with Gasteiger partial charge in [0.25, 0.3) is 0 Å². The monoisotopic (exact) mass is 564 g/mol. The summed E-state index contributed by atoms with van der Waals surface area (Å²) in [5.41, 5.74) is -1.21. The minimum atomic E-state index is -0.741. The first-order chi connectivity index (χ1) is 28.8. The third-order valence-corrected chi connectivity index (χ3v) is 7.57. The first-order valence-electron chi connectivity index (χ1n) is 22.3. The maximum absolute atomic E-state index is 9.61. The third-order valence-electron chi connectivity index (χ3n) is 7.57. The van der Waals surface area contributed by atoms with Crippen LogP contribution in [-0.4, -0.2) is 0 Å². The molecule has 0 aliphatic carbocycles. The van der Waals surface area contributed by atoms with E-state index in [2.05, 4.69) is 0 Å². The predicted octanol–water partition coefficient (Wildman–Crippen LogP) is 12.0. The van der Waals surface area contributed by atoms with Gasteiger partial charge < -0.3 is 4.42 Å². The molecular weight excluding hydrogens is 520 g/mol. The fourth-order valence-electron chi connectivity index (χ4n) is 5.78. The van der Waals surface area contributed by atoms with Crippen molar-refractivity contribution in [3.63, 3.8) is 0 Å². The van der Waals surface area contributed by atoms with Crippen molar-refractivity contribution in [2.24, 2.45) is 0 Å². The average molecular weight is 565 g/mol. The van der Waals surface area contributed by atoms with Gasteiger partial charge in [-0.15, -0.1) is 0 Å². The van der Waals surface area contributed by atoms with Crippen molar-refractivity contribution in [3.05, 3.63) is 157 Å². The highest BCUT2D eigenvalue weighted by molar-refractivity contribution is 6.24. The van der Waals surface area contributed by atoms with Crippen LogP contribution in [0.15, 0.2) is 162 Å². The Hall–Kier alpha value is -5.66. The van der Waals surface area contributed by atoms with Crippen LogP contribution in [0.3, 0.4) is 0 Å². The molecule has 43 heavy (non-hydrogen) atoms. The summed E-state index contributed by atoms with van der Waals surface area (Å²) >= 11 is 0. The molecule has 0 saturated carbocycles. The van der Waals surface area contributed by atoms with E-state index in [0.29, 0.717) is 21.5 Å². The maximum Gasteiger partial charge on any atom is 0.136 e. The summed E-state index contributed by atoms with van der Waals surface area (Å²) in [6.07, 6.45) is 0. The average Bonchev–Trinajstić information content (AvgIpc) is 3.67. The molecule has 8 aromatic carbocycles. The fraction of sp³-hybridized carbons (Fsp3) is 0. The first kappa shape index (κ1) is 12.3. The molecule has 1 heteroatoms. The Labute approximate surface area is 274 Å². The second kappa shape index (κ2) is 9.44. The summed E-state index contributed by atoms with van der Waals surface area (Å²) in [6, 6.07) is 2.28. The summed E-state index contributed by atoms with van der Waals surface area (Å²) < 4.78 is 165. The van der Waals surface area contributed by atoms with Gasteiger partial charge in [-0.1, -0.05) is 139 Å². The van der Waals surface area contributed by atoms with E-state index in [1.807, 2.05) is 0 Å². The number of furan rings is 1. The van der Waals surface area contributed by atoms with E-state index in [-0.39, 0.29) is 61.0 Å². The SMILES string of the molecule is [2H]c1c([2H])c([2H])c(-c2c([2H])c([2H])c(-c3c4ccccc4c(-c4c([2H])c([2H])c5c(oc6c([2H])c([2H])c([2H])c([2H])c65)c4[2H])c4ccccc34)c3c([2H])c([2H])c([2H])c([2H])c23)c([2H])c1[2H]. The van der Waals surface area contributed by atoms with Gasteiger partial charge in [0.1, 0.15) is 11.2 Å². The van der Waals surface area contributed by atoms with E-state index in [4.69, 9.17) is 20.9 Å². The number of rotatable bonds is 3. The van der Waals surface area contributed by atoms with Gasteiger partial charge in [-0.2, -0.15) is 0 Å². The Morgan fingerprint density at radius 3 is 1.60 bits per heavy atom. The van der Waals surface area contributed by atoms with Crippen LogP contribution in [0.25, 0.3) is 87.6 Å². The second-order valence-electron chi connectivity index (χ2n) is 9.85. The fourth-order valence-corrected chi connectivity index (χ4v) is 5.78. The van der Waals surface area contributed by atoms with Crippen molar-refractivity contribution in [2.45, 2.75) is 0 Å². The molecule has 0 N–H and O–H groups in total. The van der Waals surface area contributed by atoms with E-state index in [1.54, 1.807) is 48.5 Å². The Morgan fingerprint density at radius 1 is 0.372 bits per heavy atom. The van der Waals surface area contributed by atoms with Crippen LogP contribution in [0.4, 0.5) is 0 Å².